The first-order chi connectivity index (χ1) is 16.2. The summed E-state index contributed by atoms with van der Waals surface area (Å²) in [6.45, 7) is 7.43. The van der Waals surface area contributed by atoms with E-state index in [1.165, 1.54) is 15.0 Å². The number of thiophene rings is 1. The lowest BCUT2D eigenvalue weighted by Crippen LogP contribution is -2.29. The van der Waals surface area contributed by atoms with Crippen molar-refractivity contribution in [2.24, 2.45) is 0 Å². The maximum atomic E-state index is 12.5. The average molecular weight is 581 g/mol. The predicted octanol–water partition coefficient (Wildman–Crippen LogP) is 7.55. The quantitative estimate of drug-likeness (QED) is 0.106. The summed E-state index contributed by atoms with van der Waals surface area (Å²) in [6, 6.07) is 22.9. The van der Waals surface area contributed by atoms with Gasteiger partial charge in [0.2, 0.25) is 0 Å². The van der Waals surface area contributed by atoms with E-state index in [4.69, 9.17) is 9.47 Å². The lowest BCUT2D eigenvalue weighted by molar-refractivity contribution is -0.154. The first-order valence-corrected chi connectivity index (χ1v) is 13.3. The molecule has 1 aromatic heterocycles. The minimum absolute atomic E-state index is 0.0836. The van der Waals surface area contributed by atoms with Crippen LogP contribution in [-0.2, 0) is 9.53 Å². The molecule has 3 nitrogen and oxygen atoms in total. The molecule has 0 radical (unpaired) electrons. The Kier molecular flexibility index (Phi) is 7.30. The minimum atomic E-state index is -0.916. The molecule has 1 atom stereocenters. The van der Waals surface area contributed by atoms with Crippen molar-refractivity contribution in [1.29, 1.82) is 0 Å². The largest absolute Gasteiger partial charge is 0.481 e. The number of ether oxygens (including phenoxy) is 2. The molecule has 0 saturated heterocycles. The zero-order valence-electron chi connectivity index (χ0n) is 19.6. The van der Waals surface area contributed by atoms with Gasteiger partial charge in [-0.25, -0.2) is 4.79 Å². The second-order valence-corrected chi connectivity index (χ2v) is 11.7. The summed E-state index contributed by atoms with van der Waals surface area (Å²) >= 11 is 2.25. The molecule has 0 aliphatic heterocycles. The fraction of sp³-hybridized carbons (Fsp3) is 0.207. The molecule has 0 aliphatic carbocycles. The summed E-state index contributed by atoms with van der Waals surface area (Å²) in [5, 5.41) is 3.53. The number of carbonyl (C=O) groups excluding carboxylic acids is 1. The number of fused-ring (bicyclic) bond motifs is 1. The van der Waals surface area contributed by atoms with Gasteiger partial charge in [-0.1, -0.05) is 24.0 Å². The van der Waals surface area contributed by atoms with Gasteiger partial charge < -0.3 is 9.47 Å². The monoisotopic (exact) mass is 581 g/mol. The van der Waals surface area contributed by atoms with E-state index in [1.54, 1.807) is 13.8 Å². The number of rotatable bonds is 5. The molecule has 1 heterocycles. The number of benzene rings is 3. The van der Waals surface area contributed by atoms with Crippen molar-refractivity contribution in [2.45, 2.75) is 33.3 Å². The van der Waals surface area contributed by atoms with Crippen molar-refractivity contribution in [3.05, 3.63) is 92.4 Å². The van der Waals surface area contributed by atoms with Crippen LogP contribution in [0.3, 0.4) is 0 Å². The van der Waals surface area contributed by atoms with Crippen LogP contribution in [0.2, 0.25) is 0 Å². The van der Waals surface area contributed by atoms with Gasteiger partial charge >= 0.3 is 5.97 Å². The number of hydrogen-bond donors (Lipinski definition) is 0. The van der Waals surface area contributed by atoms with E-state index >= 15 is 0 Å². The maximum absolute atomic E-state index is 12.5. The van der Waals surface area contributed by atoms with E-state index in [0.29, 0.717) is 0 Å². The molecule has 4 aromatic rings. The standard InChI is InChI=1S/C29H26IO3S/c1-20-17-25(34-16-14-23-7-5-6-8-26(23)34)18-21(2)28(20)32-19-27(31)33-29(3,4)15-13-22-9-11-24(30)12-10-22/h5-12,14,16-18H,19H2,1-4H3/q+1. The van der Waals surface area contributed by atoms with Crippen molar-refractivity contribution in [3.8, 4) is 22.5 Å². The van der Waals surface area contributed by atoms with Crippen LogP contribution >= 0.6 is 33.1 Å². The van der Waals surface area contributed by atoms with E-state index in [0.717, 1.165) is 26.0 Å². The highest BCUT2D eigenvalue weighted by atomic mass is 127. The SMILES string of the molecule is Cc1cc(-[s+]2ccc3ccccc32)cc(C)c1OCC(=O)OC(C)(C)C#Cc1ccc(I)cc1. The second-order valence-electron chi connectivity index (χ2n) is 8.59. The normalized spacial score (nSPS) is 11.6. The Morgan fingerprint density at radius 1 is 1.00 bits per heavy atom. The van der Waals surface area contributed by atoms with E-state index in [-0.39, 0.29) is 17.1 Å². The molecule has 0 spiro atoms. The van der Waals surface area contributed by atoms with Crippen LogP contribution < -0.4 is 4.74 Å². The van der Waals surface area contributed by atoms with E-state index in [1.807, 2.05) is 38.1 Å². The van der Waals surface area contributed by atoms with Gasteiger partial charge in [0.25, 0.3) is 0 Å². The van der Waals surface area contributed by atoms with Gasteiger partial charge in [0.15, 0.2) is 21.8 Å². The van der Waals surface area contributed by atoms with Crippen molar-refractivity contribution in [3.63, 3.8) is 0 Å². The number of halogens is 1. The number of esters is 1. The lowest BCUT2D eigenvalue weighted by atomic mass is 10.1. The molecule has 3 aromatic carbocycles. The molecule has 0 amide bonds. The fourth-order valence-electron chi connectivity index (χ4n) is 3.73. The van der Waals surface area contributed by atoms with E-state index < -0.39 is 11.6 Å². The highest BCUT2D eigenvalue weighted by molar-refractivity contribution is 14.1. The number of hydrogen-bond acceptors (Lipinski definition) is 3. The average Bonchev–Trinajstić information content (AvgIpc) is 3.22. The lowest BCUT2D eigenvalue weighted by Gasteiger charge is -2.19. The van der Waals surface area contributed by atoms with Crippen LogP contribution in [0, 0.1) is 29.3 Å². The third-order valence-electron chi connectivity index (χ3n) is 5.28. The summed E-state index contributed by atoms with van der Waals surface area (Å²) in [5.74, 6) is 6.39. The van der Waals surface area contributed by atoms with Gasteiger partial charge in [0.05, 0.1) is 0 Å². The third-order valence-corrected chi connectivity index (χ3v) is 8.00. The second kappa shape index (κ2) is 10.2. The Bertz CT molecular complexity index is 1380. The van der Waals surface area contributed by atoms with Crippen LogP contribution in [0.15, 0.2) is 72.1 Å². The van der Waals surface area contributed by atoms with Crippen LogP contribution in [0.25, 0.3) is 15.0 Å². The Hall–Kier alpha value is -2.82. The molecule has 0 aliphatic rings. The smallest absolute Gasteiger partial charge is 0.345 e. The van der Waals surface area contributed by atoms with E-state index in [9.17, 15) is 4.79 Å². The van der Waals surface area contributed by atoms with Gasteiger partial charge in [-0.3, -0.25) is 0 Å². The topological polar surface area (TPSA) is 35.5 Å². The highest BCUT2D eigenvalue weighted by Crippen LogP contribution is 2.42. The van der Waals surface area contributed by atoms with Crippen LogP contribution in [0.5, 0.6) is 5.75 Å². The number of aryl methyl sites for hydroxylation is 2. The first-order valence-electron chi connectivity index (χ1n) is 11.0. The molecule has 0 saturated carbocycles. The van der Waals surface area contributed by atoms with Crippen LogP contribution in [0.4, 0.5) is 0 Å². The Labute approximate surface area is 217 Å². The third kappa shape index (κ3) is 5.81. The molecule has 0 N–H and O–H groups in total. The van der Waals surface area contributed by atoms with Crippen molar-refractivity contribution in [1.82, 2.24) is 0 Å². The summed E-state index contributed by atoms with van der Waals surface area (Å²) in [5.41, 5.74) is 1.98. The summed E-state index contributed by atoms with van der Waals surface area (Å²) in [4.78, 5) is 13.7. The fourth-order valence-corrected chi connectivity index (χ4v) is 6.15. The first kappa shape index (κ1) is 24.3. The molecule has 4 rings (SSSR count). The molecule has 5 heteroatoms. The van der Waals surface area contributed by atoms with Crippen LogP contribution in [-0.4, -0.2) is 18.2 Å². The summed E-state index contributed by atoms with van der Waals surface area (Å²) < 4.78 is 14.0. The minimum Gasteiger partial charge on any atom is -0.481 e. The van der Waals surface area contributed by atoms with Gasteiger partial charge in [0.1, 0.15) is 11.1 Å². The van der Waals surface area contributed by atoms with Gasteiger partial charge in [-0.15, -0.1) is 0 Å². The Morgan fingerprint density at radius 3 is 2.38 bits per heavy atom. The van der Waals surface area contributed by atoms with Gasteiger partial charge in [-0.2, -0.15) is 0 Å². The van der Waals surface area contributed by atoms with Crippen LogP contribution in [0.1, 0.15) is 30.5 Å². The maximum Gasteiger partial charge on any atom is 0.345 e. The molecule has 0 fully saturated rings. The zero-order valence-corrected chi connectivity index (χ0v) is 22.6. The van der Waals surface area contributed by atoms with E-state index in [2.05, 4.69) is 82.3 Å². The van der Waals surface area contributed by atoms with Crippen molar-refractivity contribution >= 4 is 49.1 Å². The van der Waals surface area contributed by atoms with Gasteiger partial charge in [-0.05, 0) is 97.8 Å². The zero-order chi connectivity index (χ0) is 24.3. The van der Waals surface area contributed by atoms with Gasteiger partial charge in [0, 0.05) is 43.2 Å². The predicted molar refractivity (Wildman–Crippen MR) is 149 cm³/mol. The Morgan fingerprint density at radius 2 is 1.68 bits per heavy atom. The summed E-state index contributed by atoms with van der Waals surface area (Å²) in [6.07, 6.45) is 0. The molecule has 0 bridgehead atoms. The summed E-state index contributed by atoms with van der Waals surface area (Å²) in [7, 11) is -0.0836. The van der Waals surface area contributed by atoms with Crippen molar-refractivity contribution in [2.75, 3.05) is 6.61 Å². The Balaban J connectivity index is 1.43. The molecule has 1 unspecified atom stereocenters. The molecule has 34 heavy (non-hydrogen) atoms. The molecular weight excluding hydrogens is 555 g/mol. The molecule has 172 valence electrons. The van der Waals surface area contributed by atoms with Crippen molar-refractivity contribution < 1.29 is 14.3 Å². The number of carbonyl (C=O) groups is 1. The highest BCUT2D eigenvalue weighted by Gasteiger charge is 2.22. The molecular formula is C29H26IO3S+.